The van der Waals surface area contributed by atoms with Gasteiger partial charge in [-0.15, -0.1) is 0 Å². The first kappa shape index (κ1) is 15.2. The number of primary amides is 1. The molecule has 0 aliphatic carbocycles. The zero-order valence-corrected chi connectivity index (χ0v) is 11.4. The van der Waals surface area contributed by atoms with Crippen molar-refractivity contribution in [3.8, 4) is 0 Å². The molecule has 4 nitrogen and oxygen atoms in total. The van der Waals surface area contributed by atoms with Crippen LogP contribution in [-0.2, 0) is 4.79 Å². The van der Waals surface area contributed by atoms with Crippen molar-refractivity contribution in [3.63, 3.8) is 0 Å². The minimum atomic E-state index is -0.767. The smallest absolute Gasteiger partial charge is 0.287 e. The average Bonchev–Trinajstić information content (AvgIpc) is 2.39. The number of hydroxylamine groups is 1. The van der Waals surface area contributed by atoms with Crippen molar-refractivity contribution in [2.75, 3.05) is 0 Å². The standard InChI is InChI=1S/C15H22N2O2/c1-2-3-4-8-11-14(15(16)18)17(19)12-13-9-6-5-7-10-13/h5-7,9-10,12,14H,2-4,8,11H2,1H3,(H2,16,18)/b17-12+. The van der Waals surface area contributed by atoms with Gasteiger partial charge in [-0.3, -0.25) is 4.79 Å². The molecule has 2 N–H and O–H groups in total. The van der Waals surface area contributed by atoms with Crippen LogP contribution in [0.15, 0.2) is 30.3 Å². The summed E-state index contributed by atoms with van der Waals surface area (Å²) in [5.41, 5.74) is 6.08. The Balaban J connectivity index is 2.65. The van der Waals surface area contributed by atoms with E-state index in [4.69, 9.17) is 5.73 Å². The number of carbonyl (C=O) groups is 1. The number of hydrogen-bond donors (Lipinski definition) is 1. The van der Waals surface area contributed by atoms with Crippen molar-refractivity contribution in [2.45, 2.75) is 45.1 Å². The summed E-state index contributed by atoms with van der Waals surface area (Å²) in [6, 6.07) is 8.44. The largest absolute Gasteiger partial charge is 0.623 e. The van der Waals surface area contributed by atoms with Crippen LogP contribution in [0.4, 0.5) is 0 Å². The van der Waals surface area contributed by atoms with Crippen LogP contribution in [0.2, 0.25) is 0 Å². The summed E-state index contributed by atoms with van der Waals surface area (Å²) in [7, 11) is 0. The Morgan fingerprint density at radius 1 is 1.32 bits per heavy atom. The average molecular weight is 262 g/mol. The van der Waals surface area contributed by atoms with Crippen LogP contribution in [-0.4, -0.2) is 22.9 Å². The van der Waals surface area contributed by atoms with Crippen LogP contribution in [0.25, 0.3) is 0 Å². The van der Waals surface area contributed by atoms with Crippen molar-refractivity contribution in [1.29, 1.82) is 0 Å². The molecule has 0 saturated heterocycles. The van der Waals surface area contributed by atoms with E-state index in [-0.39, 0.29) is 0 Å². The minimum absolute atomic E-state index is 0.516. The molecule has 0 fully saturated rings. The molecule has 0 radical (unpaired) electrons. The lowest BCUT2D eigenvalue weighted by Crippen LogP contribution is -2.37. The quantitative estimate of drug-likeness (QED) is 0.257. The van der Waals surface area contributed by atoms with E-state index in [9.17, 15) is 10.0 Å². The lowest BCUT2D eigenvalue weighted by atomic mass is 10.1. The fraction of sp³-hybridized carbons (Fsp3) is 0.467. The topological polar surface area (TPSA) is 69.2 Å². The predicted octanol–water partition coefficient (Wildman–Crippen LogP) is 2.44. The number of rotatable bonds is 8. The normalized spacial score (nSPS) is 13.2. The van der Waals surface area contributed by atoms with Crippen molar-refractivity contribution < 1.29 is 9.53 Å². The second-order valence-corrected chi connectivity index (χ2v) is 4.67. The molecule has 1 aromatic carbocycles. The Morgan fingerprint density at radius 3 is 2.58 bits per heavy atom. The summed E-state index contributed by atoms with van der Waals surface area (Å²) in [6.45, 7) is 2.12. The highest BCUT2D eigenvalue weighted by atomic mass is 16.5. The summed E-state index contributed by atoms with van der Waals surface area (Å²) in [6.07, 6.45) is 6.06. The molecule has 1 rings (SSSR count). The van der Waals surface area contributed by atoms with Crippen LogP contribution in [0.1, 0.15) is 44.6 Å². The molecule has 0 saturated carbocycles. The van der Waals surface area contributed by atoms with Crippen molar-refractivity contribution in [3.05, 3.63) is 41.1 Å². The molecular weight excluding hydrogens is 240 g/mol. The Bertz CT molecular complexity index is 415. The molecule has 0 aliphatic rings. The first-order valence-corrected chi connectivity index (χ1v) is 6.80. The molecule has 0 heterocycles. The number of nitrogens with two attached hydrogens (primary N) is 1. The number of carbonyl (C=O) groups excluding carboxylic acids is 1. The van der Waals surface area contributed by atoms with E-state index in [1.165, 1.54) is 6.21 Å². The van der Waals surface area contributed by atoms with Gasteiger partial charge in [0.2, 0.25) is 6.04 Å². The predicted molar refractivity (Wildman–Crippen MR) is 77.0 cm³/mol. The van der Waals surface area contributed by atoms with E-state index >= 15 is 0 Å². The van der Waals surface area contributed by atoms with Crippen molar-refractivity contribution in [1.82, 2.24) is 0 Å². The molecule has 0 aliphatic heterocycles. The first-order valence-electron chi connectivity index (χ1n) is 6.80. The number of benzene rings is 1. The summed E-state index contributed by atoms with van der Waals surface area (Å²) >= 11 is 0. The summed E-state index contributed by atoms with van der Waals surface area (Å²) in [5, 5.41) is 12.0. The summed E-state index contributed by atoms with van der Waals surface area (Å²) in [5.74, 6) is -0.557. The zero-order valence-electron chi connectivity index (χ0n) is 11.4. The number of unbranched alkanes of at least 4 members (excludes halogenated alkanes) is 3. The minimum Gasteiger partial charge on any atom is -0.623 e. The zero-order chi connectivity index (χ0) is 14.1. The van der Waals surface area contributed by atoms with E-state index in [0.717, 1.165) is 31.2 Å². The number of nitrogens with zero attached hydrogens (tertiary/aromatic N) is 1. The number of amides is 1. The van der Waals surface area contributed by atoms with Crippen molar-refractivity contribution in [2.24, 2.45) is 5.73 Å². The highest BCUT2D eigenvalue weighted by Gasteiger charge is 2.22. The van der Waals surface area contributed by atoms with Gasteiger partial charge >= 0.3 is 0 Å². The summed E-state index contributed by atoms with van der Waals surface area (Å²) in [4.78, 5) is 11.4. The van der Waals surface area contributed by atoms with Crippen LogP contribution in [0, 0.1) is 5.21 Å². The third kappa shape index (κ3) is 5.55. The fourth-order valence-corrected chi connectivity index (χ4v) is 1.94. The van der Waals surface area contributed by atoms with Crippen LogP contribution in [0.3, 0.4) is 0 Å². The molecular formula is C15H22N2O2. The highest BCUT2D eigenvalue weighted by Crippen LogP contribution is 2.08. The molecule has 0 aromatic heterocycles. The van der Waals surface area contributed by atoms with Crippen LogP contribution in [0.5, 0.6) is 0 Å². The molecule has 4 heteroatoms. The van der Waals surface area contributed by atoms with E-state index in [2.05, 4.69) is 6.92 Å². The molecule has 19 heavy (non-hydrogen) atoms. The van der Waals surface area contributed by atoms with Gasteiger partial charge in [0, 0.05) is 12.0 Å². The third-order valence-electron chi connectivity index (χ3n) is 3.04. The maximum Gasteiger partial charge on any atom is 0.287 e. The molecule has 104 valence electrons. The maximum absolute atomic E-state index is 12.0. The van der Waals surface area contributed by atoms with Gasteiger partial charge in [-0.1, -0.05) is 44.4 Å². The maximum atomic E-state index is 12.0. The molecule has 0 spiro atoms. The van der Waals surface area contributed by atoms with Gasteiger partial charge in [-0.2, -0.15) is 4.74 Å². The SMILES string of the molecule is CCCCCCC(C(N)=O)/[N+]([O-])=C\c1ccccc1. The van der Waals surface area contributed by atoms with Gasteiger partial charge in [-0.05, 0) is 18.6 Å². The molecule has 0 bridgehead atoms. The van der Waals surface area contributed by atoms with Gasteiger partial charge < -0.3 is 10.9 Å². The molecule has 1 aromatic rings. The molecule has 1 amide bonds. The van der Waals surface area contributed by atoms with Gasteiger partial charge in [-0.25, -0.2) is 0 Å². The molecule has 1 unspecified atom stereocenters. The van der Waals surface area contributed by atoms with Gasteiger partial charge in [0.05, 0.1) is 0 Å². The van der Waals surface area contributed by atoms with E-state index in [1.54, 1.807) is 0 Å². The van der Waals surface area contributed by atoms with Gasteiger partial charge in [0.15, 0.2) is 6.21 Å². The lowest BCUT2D eigenvalue weighted by Gasteiger charge is -2.13. The molecule has 1 atom stereocenters. The summed E-state index contributed by atoms with van der Waals surface area (Å²) < 4.78 is 0.684. The first-order chi connectivity index (χ1) is 9.15. The Hall–Kier alpha value is -1.84. The van der Waals surface area contributed by atoms with Gasteiger partial charge in [0.1, 0.15) is 0 Å². The lowest BCUT2D eigenvalue weighted by molar-refractivity contribution is -0.482. The Labute approximate surface area is 114 Å². The van der Waals surface area contributed by atoms with Crippen LogP contribution < -0.4 is 5.73 Å². The van der Waals surface area contributed by atoms with E-state index in [1.807, 2.05) is 30.3 Å². The third-order valence-corrected chi connectivity index (χ3v) is 3.04. The number of hydrogen-bond acceptors (Lipinski definition) is 2. The highest BCUT2D eigenvalue weighted by molar-refractivity contribution is 5.81. The van der Waals surface area contributed by atoms with E-state index < -0.39 is 11.9 Å². The fourth-order valence-electron chi connectivity index (χ4n) is 1.94. The monoisotopic (exact) mass is 262 g/mol. The van der Waals surface area contributed by atoms with Crippen molar-refractivity contribution >= 4 is 12.1 Å². The second kappa shape index (κ2) is 8.29. The Kier molecular flexibility index (Phi) is 6.64. The van der Waals surface area contributed by atoms with Gasteiger partial charge in [0.25, 0.3) is 5.91 Å². The Morgan fingerprint density at radius 2 is 2.00 bits per heavy atom. The van der Waals surface area contributed by atoms with E-state index in [0.29, 0.717) is 11.2 Å². The second-order valence-electron chi connectivity index (χ2n) is 4.67. The van der Waals surface area contributed by atoms with Crippen LogP contribution >= 0.6 is 0 Å².